The number of halogens is 1. The number of hydrogen-bond donors (Lipinski definition) is 2. The quantitative estimate of drug-likeness (QED) is 0.801. The SMILES string of the molecule is Cc1cnc(N[C@H]2CC[C@@H](NCc3cccc(Cl)c3)CC2)nc1N(C)C. The summed E-state index contributed by atoms with van der Waals surface area (Å²) in [4.78, 5) is 11.1. The van der Waals surface area contributed by atoms with Crippen molar-refractivity contribution < 1.29 is 0 Å². The first-order valence-electron chi connectivity index (χ1n) is 9.26. The number of aromatic nitrogens is 2. The molecule has 0 radical (unpaired) electrons. The van der Waals surface area contributed by atoms with Crippen LogP contribution in [0.1, 0.15) is 36.8 Å². The van der Waals surface area contributed by atoms with Crippen LogP contribution < -0.4 is 15.5 Å². The maximum absolute atomic E-state index is 6.05. The van der Waals surface area contributed by atoms with E-state index in [4.69, 9.17) is 11.6 Å². The minimum absolute atomic E-state index is 0.442. The average Bonchev–Trinajstić information content (AvgIpc) is 2.62. The van der Waals surface area contributed by atoms with Crippen LogP contribution in [0.5, 0.6) is 0 Å². The molecule has 2 N–H and O–H groups in total. The minimum atomic E-state index is 0.442. The molecule has 2 aromatic rings. The molecule has 1 fully saturated rings. The lowest BCUT2D eigenvalue weighted by molar-refractivity contribution is 0.352. The van der Waals surface area contributed by atoms with Crippen LogP contribution in [-0.4, -0.2) is 36.1 Å². The first kappa shape index (κ1) is 18.9. The number of anilines is 2. The highest BCUT2D eigenvalue weighted by Crippen LogP contribution is 2.23. The number of nitrogens with one attached hydrogen (secondary N) is 2. The normalized spacial score (nSPS) is 20.0. The summed E-state index contributed by atoms with van der Waals surface area (Å²) in [6.45, 7) is 2.91. The van der Waals surface area contributed by atoms with Gasteiger partial charge in [0.1, 0.15) is 5.82 Å². The fourth-order valence-electron chi connectivity index (χ4n) is 3.49. The molecule has 5 nitrogen and oxygen atoms in total. The molecule has 140 valence electrons. The number of benzene rings is 1. The zero-order chi connectivity index (χ0) is 18.5. The lowest BCUT2D eigenvalue weighted by Crippen LogP contribution is -2.37. The molecule has 0 spiro atoms. The molecule has 0 amide bonds. The van der Waals surface area contributed by atoms with Crippen molar-refractivity contribution in [2.45, 2.75) is 51.2 Å². The standard InChI is InChI=1S/C20H28ClN5/c1-14-12-23-20(25-19(14)26(2)3)24-18-9-7-17(8-10-18)22-13-15-5-4-6-16(21)11-15/h4-6,11-12,17-18,22H,7-10,13H2,1-3H3,(H,23,24,25)/t17-,18+. The van der Waals surface area contributed by atoms with Crippen molar-refractivity contribution >= 4 is 23.4 Å². The second-order valence-electron chi connectivity index (χ2n) is 7.30. The molecule has 1 aromatic heterocycles. The molecule has 26 heavy (non-hydrogen) atoms. The highest BCUT2D eigenvalue weighted by atomic mass is 35.5. The van der Waals surface area contributed by atoms with E-state index >= 15 is 0 Å². The van der Waals surface area contributed by atoms with Crippen LogP contribution in [0.4, 0.5) is 11.8 Å². The number of nitrogens with zero attached hydrogens (tertiary/aromatic N) is 3. The van der Waals surface area contributed by atoms with Gasteiger partial charge in [-0.25, -0.2) is 4.98 Å². The van der Waals surface area contributed by atoms with E-state index in [-0.39, 0.29) is 0 Å². The highest BCUT2D eigenvalue weighted by Gasteiger charge is 2.21. The van der Waals surface area contributed by atoms with Crippen molar-refractivity contribution in [3.8, 4) is 0 Å². The van der Waals surface area contributed by atoms with Crippen molar-refractivity contribution in [2.75, 3.05) is 24.3 Å². The van der Waals surface area contributed by atoms with E-state index in [0.29, 0.717) is 12.1 Å². The smallest absolute Gasteiger partial charge is 0.224 e. The van der Waals surface area contributed by atoms with Gasteiger partial charge in [0.25, 0.3) is 0 Å². The molecule has 1 aromatic carbocycles. The Hall–Kier alpha value is -1.85. The summed E-state index contributed by atoms with van der Waals surface area (Å²) in [6.07, 6.45) is 6.46. The van der Waals surface area contributed by atoms with Crippen molar-refractivity contribution in [1.82, 2.24) is 15.3 Å². The van der Waals surface area contributed by atoms with Gasteiger partial charge in [-0.2, -0.15) is 4.98 Å². The van der Waals surface area contributed by atoms with Crippen LogP contribution in [-0.2, 0) is 6.54 Å². The zero-order valence-corrected chi connectivity index (χ0v) is 16.6. The second kappa shape index (κ2) is 8.69. The third-order valence-electron chi connectivity index (χ3n) is 4.91. The van der Waals surface area contributed by atoms with Gasteiger partial charge in [-0.15, -0.1) is 0 Å². The van der Waals surface area contributed by atoms with Gasteiger partial charge in [0.05, 0.1) is 0 Å². The predicted octanol–water partition coefficient (Wildman–Crippen LogP) is 4.02. The Morgan fingerprint density at radius 1 is 1.15 bits per heavy atom. The molecule has 0 unspecified atom stereocenters. The summed E-state index contributed by atoms with van der Waals surface area (Å²) in [5.41, 5.74) is 2.33. The van der Waals surface area contributed by atoms with Crippen LogP contribution in [0.25, 0.3) is 0 Å². The Balaban J connectivity index is 1.47. The first-order chi connectivity index (χ1) is 12.5. The molecule has 0 atom stereocenters. The Morgan fingerprint density at radius 2 is 1.88 bits per heavy atom. The van der Waals surface area contributed by atoms with Gasteiger partial charge in [0, 0.05) is 49.5 Å². The van der Waals surface area contributed by atoms with E-state index in [2.05, 4.69) is 26.7 Å². The van der Waals surface area contributed by atoms with Crippen LogP contribution in [0.15, 0.2) is 30.5 Å². The molecule has 0 bridgehead atoms. The topological polar surface area (TPSA) is 53.1 Å². The lowest BCUT2D eigenvalue weighted by Gasteiger charge is -2.30. The Morgan fingerprint density at radius 3 is 2.58 bits per heavy atom. The Bertz CT molecular complexity index is 726. The van der Waals surface area contributed by atoms with Gasteiger partial charge in [-0.05, 0) is 50.3 Å². The van der Waals surface area contributed by atoms with Crippen molar-refractivity contribution in [1.29, 1.82) is 0 Å². The van der Waals surface area contributed by atoms with Crippen molar-refractivity contribution in [2.24, 2.45) is 0 Å². The van der Waals surface area contributed by atoms with Crippen LogP contribution in [0.2, 0.25) is 5.02 Å². The molecule has 0 aliphatic heterocycles. The third-order valence-corrected chi connectivity index (χ3v) is 5.15. The average molecular weight is 374 g/mol. The zero-order valence-electron chi connectivity index (χ0n) is 15.8. The van der Waals surface area contributed by atoms with Crippen molar-refractivity contribution in [3.05, 3.63) is 46.6 Å². The molecule has 1 aliphatic carbocycles. The summed E-state index contributed by atoms with van der Waals surface area (Å²) >= 11 is 6.05. The monoisotopic (exact) mass is 373 g/mol. The Kier molecular flexibility index (Phi) is 6.33. The fraction of sp³-hybridized carbons (Fsp3) is 0.500. The molecule has 1 saturated carbocycles. The largest absolute Gasteiger partial charge is 0.362 e. The van der Waals surface area contributed by atoms with Gasteiger partial charge in [0.2, 0.25) is 5.95 Å². The summed E-state index contributed by atoms with van der Waals surface area (Å²) in [7, 11) is 4.02. The molecule has 1 heterocycles. The summed E-state index contributed by atoms with van der Waals surface area (Å²) < 4.78 is 0. The number of hydrogen-bond acceptors (Lipinski definition) is 5. The van der Waals surface area contributed by atoms with Crippen LogP contribution >= 0.6 is 11.6 Å². The Labute approximate surface area is 161 Å². The van der Waals surface area contributed by atoms with E-state index in [1.54, 1.807) is 0 Å². The second-order valence-corrected chi connectivity index (χ2v) is 7.73. The number of aryl methyl sites for hydroxylation is 1. The molecule has 1 aliphatic rings. The van der Waals surface area contributed by atoms with Crippen molar-refractivity contribution in [3.63, 3.8) is 0 Å². The lowest BCUT2D eigenvalue weighted by atomic mass is 9.91. The molecule has 6 heteroatoms. The van der Waals surface area contributed by atoms with E-state index in [1.165, 1.54) is 5.56 Å². The number of rotatable bonds is 6. The van der Waals surface area contributed by atoms with Gasteiger partial charge < -0.3 is 15.5 Å². The molecular weight excluding hydrogens is 346 g/mol. The van der Waals surface area contributed by atoms with Crippen LogP contribution in [0.3, 0.4) is 0 Å². The van der Waals surface area contributed by atoms with E-state index < -0.39 is 0 Å². The summed E-state index contributed by atoms with van der Waals surface area (Å²) in [6, 6.07) is 9.06. The van der Waals surface area contributed by atoms with Gasteiger partial charge >= 0.3 is 0 Å². The third kappa shape index (κ3) is 5.08. The molecule has 0 saturated heterocycles. The highest BCUT2D eigenvalue weighted by molar-refractivity contribution is 6.30. The van der Waals surface area contributed by atoms with E-state index in [0.717, 1.165) is 54.6 Å². The van der Waals surface area contributed by atoms with Gasteiger partial charge in [-0.3, -0.25) is 0 Å². The first-order valence-corrected chi connectivity index (χ1v) is 9.64. The summed E-state index contributed by atoms with van der Waals surface area (Å²) in [5, 5.41) is 7.97. The van der Waals surface area contributed by atoms with Gasteiger partial charge in [0.15, 0.2) is 0 Å². The van der Waals surface area contributed by atoms with E-state index in [1.807, 2.05) is 50.3 Å². The van der Waals surface area contributed by atoms with E-state index in [9.17, 15) is 0 Å². The molecular formula is C20H28ClN5. The fourth-order valence-corrected chi connectivity index (χ4v) is 3.70. The van der Waals surface area contributed by atoms with Crippen LogP contribution in [0, 0.1) is 6.92 Å². The predicted molar refractivity (Wildman–Crippen MR) is 109 cm³/mol. The maximum Gasteiger partial charge on any atom is 0.224 e. The van der Waals surface area contributed by atoms with Gasteiger partial charge in [-0.1, -0.05) is 23.7 Å². The maximum atomic E-state index is 6.05. The molecule has 3 rings (SSSR count). The summed E-state index contributed by atoms with van der Waals surface area (Å²) in [5.74, 6) is 1.70. The minimum Gasteiger partial charge on any atom is -0.362 e.